The van der Waals surface area contributed by atoms with E-state index in [2.05, 4.69) is 0 Å². The second kappa shape index (κ2) is 434. The summed E-state index contributed by atoms with van der Waals surface area (Å²) in [5.41, 5.74) is 0. The van der Waals surface area contributed by atoms with Crippen LogP contribution in [0.1, 0.15) is 0 Å². The zero-order valence-electron chi connectivity index (χ0n) is 4.00. The Bertz CT molecular complexity index is 9.22. The van der Waals surface area contributed by atoms with Crippen LogP contribution in [0.3, 0.4) is 0 Å². The molecule has 0 aromatic heterocycles. The van der Waals surface area contributed by atoms with Crippen LogP contribution in [0.2, 0.25) is 0 Å². The van der Waals surface area contributed by atoms with Crippen molar-refractivity contribution in [2.24, 2.45) is 0 Å². The van der Waals surface area contributed by atoms with E-state index in [9.17, 15) is 0 Å². The van der Waals surface area contributed by atoms with Crippen LogP contribution in [0.4, 0.5) is 0 Å². The van der Waals surface area contributed by atoms with Crippen molar-refractivity contribution in [2.75, 3.05) is 0 Å². The van der Waals surface area contributed by atoms with Gasteiger partial charge in [-0.25, -0.2) is 0 Å². The van der Waals surface area contributed by atoms with E-state index in [0.717, 1.165) is 0 Å². The Labute approximate surface area is 98.2 Å². The molecule has 0 bridgehead atoms. The fraction of sp³-hybridized carbons (Fsp3) is 0. The van der Waals surface area contributed by atoms with Crippen LogP contribution in [0, 0.1) is 0 Å². The molecule has 0 amide bonds. The molecule has 16 N–H and O–H groups in total. The molecule has 74 valence electrons. The van der Waals surface area contributed by atoms with Crippen molar-refractivity contribution in [3.05, 3.63) is 0 Å². The first-order valence-corrected chi connectivity index (χ1v) is 0. The van der Waals surface area contributed by atoms with Crippen molar-refractivity contribution < 1.29 is 43.8 Å². The molecule has 0 unspecified atom stereocenters. The second-order valence-corrected chi connectivity index (χ2v) is 0. The van der Waals surface area contributed by atoms with Crippen molar-refractivity contribution >= 4 is 55.1 Å². The topological polar surface area (TPSA) is 252 Å². The standard InChI is InChI=1S/Al.Ca.8H2O.5H/h;;8*1H2;;;;;. The Morgan fingerprint density at radius 3 is 0.300 bits per heavy atom. The Morgan fingerprint density at radius 1 is 0.300 bits per heavy atom. The zero-order chi connectivity index (χ0) is 0. The van der Waals surface area contributed by atoms with Gasteiger partial charge in [-0.15, -0.1) is 0 Å². The maximum absolute atomic E-state index is 0. The normalized spacial score (nSPS) is 0. The molecule has 0 aliphatic rings. The Morgan fingerprint density at radius 2 is 0.300 bits per heavy atom. The van der Waals surface area contributed by atoms with Gasteiger partial charge < -0.3 is 43.8 Å². The molecule has 0 atom stereocenters. The van der Waals surface area contributed by atoms with Crippen molar-refractivity contribution in [1.29, 1.82) is 0 Å². The SMILES string of the molecule is O.O.O.O.O.O.O.O.[AlH3].[CaH2]. The molecule has 0 aliphatic heterocycles. The Kier molecular flexibility index (Phi) is 25200. The second-order valence-electron chi connectivity index (χ2n) is 0. The summed E-state index contributed by atoms with van der Waals surface area (Å²) < 4.78 is 0. The van der Waals surface area contributed by atoms with E-state index >= 15 is 0 Å². The van der Waals surface area contributed by atoms with E-state index in [4.69, 9.17) is 0 Å². The molecule has 0 spiro atoms. The monoisotopic (exact) mass is 216 g/mol. The van der Waals surface area contributed by atoms with Gasteiger partial charge in [0.15, 0.2) is 17.4 Å². The van der Waals surface area contributed by atoms with Crippen molar-refractivity contribution in [3.8, 4) is 0 Å². The quantitative estimate of drug-likeness (QED) is 0.341. The van der Waals surface area contributed by atoms with E-state index in [1.54, 1.807) is 0 Å². The van der Waals surface area contributed by atoms with Crippen LogP contribution >= 0.6 is 0 Å². The van der Waals surface area contributed by atoms with Gasteiger partial charge in [-0.1, -0.05) is 0 Å². The first kappa shape index (κ1) is 580. The maximum atomic E-state index is 0. The summed E-state index contributed by atoms with van der Waals surface area (Å²) in [4.78, 5) is 0. The van der Waals surface area contributed by atoms with E-state index in [0.29, 0.717) is 0 Å². The van der Waals surface area contributed by atoms with Crippen LogP contribution < -0.4 is 0 Å². The minimum absolute atomic E-state index is 0. The summed E-state index contributed by atoms with van der Waals surface area (Å²) in [6, 6.07) is 0. The number of hydrogen-bond acceptors (Lipinski definition) is 0. The van der Waals surface area contributed by atoms with Gasteiger partial charge in [0.25, 0.3) is 0 Å². The first-order valence-electron chi connectivity index (χ1n) is 0. The molecule has 0 fully saturated rings. The molecule has 0 aromatic rings. The van der Waals surface area contributed by atoms with Gasteiger partial charge in [0.05, 0.1) is 0 Å². The third kappa shape index (κ3) is 314. The van der Waals surface area contributed by atoms with E-state index < -0.39 is 0 Å². The van der Waals surface area contributed by atoms with E-state index in [-0.39, 0.29) is 98.9 Å². The average molecular weight is 216 g/mol. The summed E-state index contributed by atoms with van der Waals surface area (Å²) in [6.45, 7) is 0. The fourth-order valence-corrected chi connectivity index (χ4v) is 0. The number of hydrogen-bond donors (Lipinski definition) is 0. The molecule has 0 saturated carbocycles. The van der Waals surface area contributed by atoms with Crippen LogP contribution in [-0.2, 0) is 0 Å². The van der Waals surface area contributed by atoms with Gasteiger partial charge in [-0.05, 0) is 0 Å². The molecule has 0 saturated heterocycles. The fourth-order valence-electron chi connectivity index (χ4n) is 0. The third-order valence-electron chi connectivity index (χ3n) is 0. The van der Waals surface area contributed by atoms with Crippen LogP contribution in [-0.4, -0.2) is 98.9 Å². The molecular formula is H21AlCaO8. The van der Waals surface area contributed by atoms with Crippen LogP contribution in [0.25, 0.3) is 0 Å². The van der Waals surface area contributed by atoms with Crippen LogP contribution in [0.5, 0.6) is 0 Å². The molecule has 0 aliphatic carbocycles. The van der Waals surface area contributed by atoms with Gasteiger partial charge in [0, 0.05) is 0 Å². The van der Waals surface area contributed by atoms with Gasteiger partial charge in [-0.2, -0.15) is 0 Å². The van der Waals surface area contributed by atoms with Crippen molar-refractivity contribution in [2.45, 2.75) is 0 Å². The van der Waals surface area contributed by atoms with Gasteiger partial charge in [0.1, 0.15) is 0 Å². The zero-order valence-corrected chi connectivity index (χ0v) is 4.00. The van der Waals surface area contributed by atoms with Crippen molar-refractivity contribution in [3.63, 3.8) is 0 Å². The Balaban J connectivity index is 0. The molecule has 10 heteroatoms. The summed E-state index contributed by atoms with van der Waals surface area (Å²) in [6.07, 6.45) is 0. The summed E-state index contributed by atoms with van der Waals surface area (Å²) in [5.74, 6) is 0. The number of rotatable bonds is 0. The summed E-state index contributed by atoms with van der Waals surface area (Å²) >= 11 is 0. The molecule has 0 rings (SSSR count). The predicted molar refractivity (Wildman–Crippen MR) is 47.4 cm³/mol. The van der Waals surface area contributed by atoms with Crippen molar-refractivity contribution in [1.82, 2.24) is 0 Å². The van der Waals surface area contributed by atoms with Gasteiger partial charge >= 0.3 is 37.7 Å². The Hall–Kier alpha value is 1.47. The van der Waals surface area contributed by atoms with Gasteiger partial charge in [-0.3, -0.25) is 0 Å². The molecule has 0 heterocycles. The average Bonchev–Trinajstić information content (AvgIpc) is 0. The molecule has 0 radical (unpaired) electrons. The summed E-state index contributed by atoms with van der Waals surface area (Å²) in [7, 11) is 0. The van der Waals surface area contributed by atoms with Crippen LogP contribution in [0.15, 0.2) is 0 Å². The van der Waals surface area contributed by atoms with E-state index in [1.807, 2.05) is 0 Å². The molecule has 10 heavy (non-hydrogen) atoms. The molecule has 8 nitrogen and oxygen atoms in total. The minimum atomic E-state index is 0. The third-order valence-corrected chi connectivity index (χ3v) is 0. The first-order chi connectivity index (χ1) is 0. The van der Waals surface area contributed by atoms with E-state index in [1.165, 1.54) is 0 Å². The molecule has 0 aromatic carbocycles. The van der Waals surface area contributed by atoms with Gasteiger partial charge in [0.2, 0.25) is 0 Å². The predicted octanol–water partition coefficient (Wildman–Crippen LogP) is -8.70. The molecular weight excluding hydrogens is 195 g/mol. The summed E-state index contributed by atoms with van der Waals surface area (Å²) in [5, 5.41) is 0.